The number of amides is 1. The number of hydrogen-bond donors (Lipinski definition) is 3. The Labute approximate surface area is 201 Å². The fraction of sp³-hybridized carbons (Fsp3) is 0.185. The van der Waals surface area contributed by atoms with Gasteiger partial charge in [-0.25, -0.2) is 9.78 Å². The normalized spacial score (nSPS) is 10.9. The summed E-state index contributed by atoms with van der Waals surface area (Å²) in [6.07, 6.45) is 0.903. The van der Waals surface area contributed by atoms with Crippen molar-refractivity contribution in [1.29, 1.82) is 0 Å². The summed E-state index contributed by atoms with van der Waals surface area (Å²) in [4.78, 5) is 43.3. The highest BCUT2D eigenvalue weighted by Gasteiger charge is 2.14. The van der Waals surface area contributed by atoms with E-state index in [1.165, 1.54) is 17.7 Å². The molecule has 0 aliphatic heterocycles. The summed E-state index contributed by atoms with van der Waals surface area (Å²) >= 11 is 0. The summed E-state index contributed by atoms with van der Waals surface area (Å²) in [5, 5.41) is 12.2. The average molecular weight is 472 g/mol. The maximum atomic E-state index is 12.7. The number of aromatic nitrogens is 2. The Bertz CT molecular complexity index is 1430. The smallest absolute Gasteiger partial charge is 0.335 e. The Morgan fingerprint density at radius 3 is 2.46 bits per heavy atom. The number of aromatic amines is 1. The van der Waals surface area contributed by atoms with Gasteiger partial charge in [-0.3, -0.25) is 9.59 Å². The molecule has 3 N–H and O–H groups in total. The molecular weight excluding hydrogens is 446 g/mol. The highest BCUT2D eigenvalue weighted by atomic mass is 16.5. The van der Waals surface area contributed by atoms with E-state index in [0.29, 0.717) is 23.0 Å². The molecule has 0 bridgehead atoms. The fourth-order valence-electron chi connectivity index (χ4n) is 3.69. The van der Waals surface area contributed by atoms with Gasteiger partial charge in [-0.15, -0.1) is 0 Å². The van der Waals surface area contributed by atoms with Gasteiger partial charge in [0.15, 0.2) is 5.82 Å². The first-order valence-electron chi connectivity index (χ1n) is 11.2. The van der Waals surface area contributed by atoms with Crippen LogP contribution in [0.25, 0.3) is 10.9 Å². The van der Waals surface area contributed by atoms with Gasteiger partial charge in [-0.2, -0.15) is 0 Å². The number of nitrogens with zero attached hydrogens (tertiary/aromatic N) is 1. The topological polar surface area (TPSA) is 121 Å². The van der Waals surface area contributed by atoms with Crippen LogP contribution in [0, 0.1) is 0 Å². The summed E-state index contributed by atoms with van der Waals surface area (Å²) in [6, 6.07) is 19.5. The predicted octanol–water partition coefficient (Wildman–Crippen LogP) is 3.83. The molecular formula is C27H25N3O5. The van der Waals surface area contributed by atoms with Gasteiger partial charge in [0.1, 0.15) is 0 Å². The van der Waals surface area contributed by atoms with Crippen LogP contribution in [-0.4, -0.2) is 27.0 Å². The van der Waals surface area contributed by atoms with E-state index < -0.39 is 17.4 Å². The fourth-order valence-corrected chi connectivity index (χ4v) is 3.69. The number of fused-ring (bicyclic) bond motifs is 1. The lowest BCUT2D eigenvalue weighted by Crippen LogP contribution is -2.27. The predicted molar refractivity (Wildman–Crippen MR) is 131 cm³/mol. The molecule has 4 aromatic rings. The minimum Gasteiger partial charge on any atom is -0.478 e. The third kappa shape index (κ3) is 5.80. The van der Waals surface area contributed by atoms with E-state index >= 15 is 0 Å². The lowest BCUT2D eigenvalue weighted by Gasteiger charge is -2.10. The number of carboxylic acids is 1. The third-order valence-electron chi connectivity index (χ3n) is 5.61. The van der Waals surface area contributed by atoms with Crippen LogP contribution in [0.5, 0.6) is 0 Å². The molecule has 3 aromatic carbocycles. The zero-order chi connectivity index (χ0) is 24.8. The number of hydrogen-bond acceptors (Lipinski definition) is 5. The molecule has 1 aromatic heterocycles. The SMILES string of the molecule is CCc1cccc(CNC(=O)c2nc3c(COCc4ccc(C(=O)O)cc4)cccc3c(=O)[nH]2)c1. The number of H-pyrrole nitrogens is 1. The van der Waals surface area contributed by atoms with Crippen molar-refractivity contribution in [1.82, 2.24) is 15.3 Å². The van der Waals surface area contributed by atoms with Crippen molar-refractivity contribution in [2.24, 2.45) is 0 Å². The van der Waals surface area contributed by atoms with Crippen LogP contribution < -0.4 is 10.9 Å². The van der Waals surface area contributed by atoms with Crippen molar-refractivity contribution in [2.75, 3.05) is 0 Å². The van der Waals surface area contributed by atoms with Crippen LogP contribution >= 0.6 is 0 Å². The van der Waals surface area contributed by atoms with Gasteiger partial charge >= 0.3 is 5.97 Å². The van der Waals surface area contributed by atoms with Gasteiger partial charge in [0, 0.05) is 12.1 Å². The van der Waals surface area contributed by atoms with Crippen molar-refractivity contribution in [2.45, 2.75) is 33.1 Å². The summed E-state index contributed by atoms with van der Waals surface area (Å²) < 4.78 is 5.78. The second-order valence-corrected chi connectivity index (χ2v) is 8.08. The first-order chi connectivity index (χ1) is 16.9. The molecule has 0 fully saturated rings. The van der Waals surface area contributed by atoms with Crippen LogP contribution in [0.1, 0.15) is 50.2 Å². The van der Waals surface area contributed by atoms with Crippen molar-refractivity contribution in [3.8, 4) is 0 Å². The molecule has 0 aliphatic rings. The van der Waals surface area contributed by atoms with E-state index in [0.717, 1.165) is 17.5 Å². The van der Waals surface area contributed by atoms with E-state index in [-0.39, 0.29) is 24.6 Å². The molecule has 4 rings (SSSR count). The van der Waals surface area contributed by atoms with Crippen molar-refractivity contribution >= 4 is 22.8 Å². The molecule has 0 radical (unpaired) electrons. The first-order valence-corrected chi connectivity index (χ1v) is 11.2. The van der Waals surface area contributed by atoms with Crippen molar-refractivity contribution < 1.29 is 19.4 Å². The number of aromatic carboxylic acids is 1. The Kier molecular flexibility index (Phi) is 7.32. The van der Waals surface area contributed by atoms with Crippen LogP contribution in [0.3, 0.4) is 0 Å². The zero-order valence-corrected chi connectivity index (χ0v) is 19.2. The second-order valence-electron chi connectivity index (χ2n) is 8.08. The molecule has 0 spiro atoms. The van der Waals surface area contributed by atoms with Gasteiger partial charge in [-0.05, 0) is 41.3 Å². The summed E-state index contributed by atoms with van der Waals surface area (Å²) in [5.74, 6) is -1.52. The molecule has 0 saturated heterocycles. The highest BCUT2D eigenvalue weighted by molar-refractivity contribution is 5.93. The number of carboxylic acid groups (broad SMARTS) is 1. The number of rotatable bonds is 9. The Morgan fingerprint density at radius 1 is 0.971 bits per heavy atom. The maximum absolute atomic E-state index is 12.7. The minimum absolute atomic E-state index is 0.0640. The molecule has 0 unspecified atom stereocenters. The van der Waals surface area contributed by atoms with Crippen LogP contribution in [0.15, 0.2) is 71.5 Å². The van der Waals surface area contributed by atoms with Gasteiger partial charge < -0.3 is 20.1 Å². The van der Waals surface area contributed by atoms with Gasteiger partial charge in [0.25, 0.3) is 11.5 Å². The number of benzene rings is 3. The molecule has 8 nitrogen and oxygen atoms in total. The number of carbonyl (C=O) groups excluding carboxylic acids is 1. The van der Waals surface area contributed by atoms with Crippen LogP contribution in [-0.2, 0) is 30.9 Å². The number of ether oxygens (including phenoxy) is 1. The quantitative estimate of drug-likeness (QED) is 0.341. The number of nitrogens with one attached hydrogen (secondary N) is 2. The number of aryl methyl sites for hydroxylation is 1. The lowest BCUT2D eigenvalue weighted by atomic mass is 10.1. The van der Waals surface area contributed by atoms with Gasteiger partial charge in [0.2, 0.25) is 0 Å². The summed E-state index contributed by atoms with van der Waals surface area (Å²) in [5.41, 5.74) is 3.82. The van der Waals surface area contributed by atoms with Gasteiger partial charge in [0.05, 0.1) is 29.7 Å². The van der Waals surface area contributed by atoms with Gasteiger partial charge in [-0.1, -0.05) is 55.5 Å². The molecule has 0 saturated carbocycles. The lowest BCUT2D eigenvalue weighted by molar-refractivity contribution is 0.0696. The van der Waals surface area contributed by atoms with E-state index in [4.69, 9.17) is 9.84 Å². The molecule has 1 heterocycles. The monoisotopic (exact) mass is 471 g/mol. The van der Waals surface area contributed by atoms with Crippen LogP contribution in [0.4, 0.5) is 0 Å². The summed E-state index contributed by atoms with van der Waals surface area (Å²) in [7, 11) is 0. The number of carbonyl (C=O) groups is 2. The highest BCUT2D eigenvalue weighted by Crippen LogP contribution is 2.16. The van der Waals surface area contributed by atoms with Crippen molar-refractivity contribution in [3.05, 3.63) is 111 Å². The minimum atomic E-state index is -0.987. The van der Waals surface area contributed by atoms with Crippen LogP contribution in [0.2, 0.25) is 0 Å². The second kappa shape index (κ2) is 10.8. The Morgan fingerprint density at radius 2 is 1.71 bits per heavy atom. The molecule has 0 atom stereocenters. The maximum Gasteiger partial charge on any atom is 0.335 e. The van der Waals surface area contributed by atoms with E-state index in [2.05, 4.69) is 22.2 Å². The number of para-hydroxylation sites is 1. The molecule has 178 valence electrons. The Hall–Kier alpha value is -4.30. The average Bonchev–Trinajstić information content (AvgIpc) is 2.88. The summed E-state index contributed by atoms with van der Waals surface area (Å²) in [6.45, 7) is 2.81. The molecule has 0 aliphatic carbocycles. The van der Waals surface area contributed by atoms with E-state index in [9.17, 15) is 14.4 Å². The first kappa shape index (κ1) is 23.8. The largest absolute Gasteiger partial charge is 0.478 e. The van der Waals surface area contributed by atoms with E-state index in [1.54, 1.807) is 30.3 Å². The molecule has 35 heavy (non-hydrogen) atoms. The Balaban J connectivity index is 1.48. The molecule has 1 amide bonds. The third-order valence-corrected chi connectivity index (χ3v) is 5.61. The molecule has 8 heteroatoms. The standard InChI is InChI=1S/C27H25N3O5/c1-2-17-5-3-6-19(13-17)14-28-26(32)24-29-23-21(7-4-8-22(23)25(31)30-24)16-35-15-18-9-11-20(12-10-18)27(33)34/h3-13H,2,14-16H2,1H3,(H,28,32)(H,33,34)(H,29,30,31). The van der Waals surface area contributed by atoms with E-state index in [1.807, 2.05) is 24.3 Å². The van der Waals surface area contributed by atoms with Crippen molar-refractivity contribution in [3.63, 3.8) is 0 Å². The zero-order valence-electron chi connectivity index (χ0n) is 19.2.